The summed E-state index contributed by atoms with van der Waals surface area (Å²) in [4.78, 5) is 25.9. The number of pyridine rings is 2. The second-order valence-electron chi connectivity index (χ2n) is 12.5. The lowest BCUT2D eigenvalue weighted by Gasteiger charge is -2.32. The van der Waals surface area contributed by atoms with Crippen molar-refractivity contribution in [2.75, 3.05) is 16.8 Å². The molecule has 5 aromatic rings. The first-order valence-corrected chi connectivity index (χ1v) is 15.1. The molecule has 0 radical (unpaired) electrons. The van der Waals surface area contributed by atoms with Gasteiger partial charge in [0.1, 0.15) is 5.82 Å². The standard InChI is InChI=1S/C36H39N7O/c1-24-13-14-28(23-39-24)43-34(22-33(40-43)36(2,3)4)42(35(37)44)32-16-15-29(30-11-6-7-12-31(30)32)25-9-8-10-27(21-25)41(5)26-17-19-38-20-18-26/h6-7,11-23,27H,8-10H2,1-5H3,(H2,37,44). The Balaban J connectivity index is 1.47. The molecule has 0 saturated heterocycles. The van der Waals surface area contributed by atoms with Crippen molar-refractivity contribution < 1.29 is 4.79 Å². The first-order chi connectivity index (χ1) is 21.1. The number of rotatable bonds is 6. The van der Waals surface area contributed by atoms with E-state index in [2.05, 4.69) is 67.0 Å². The molecule has 0 saturated carbocycles. The van der Waals surface area contributed by atoms with Crippen LogP contribution in [-0.2, 0) is 5.41 Å². The number of likely N-dealkylation sites (N-methyl/N-ethyl adjacent to an activating group) is 1. The van der Waals surface area contributed by atoms with Gasteiger partial charge in [-0.1, -0.05) is 57.2 Å². The molecular formula is C36H39N7O. The Kier molecular flexibility index (Phi) is 7.67. The maximum Gasteiger partial charge on any atom is 0.325 e. The Morgan fingerprint density at radius 3 is 2.43 bits per heavy atom. The van der Waals surface area contributed by atoms with Crippen LogP contribution in [0.25, 0.3) is 22.0 Å². The molecule has 224 valence electrons. The molecule has 1 atom stereocenters. The minimum absolute atomic E-state index is 0.249. The van der Waals surface area contributed by atoms with Crippen molar-refractivity contribution in [3.8, 4) is 5.69 Å². The van der Waals surface area contributed by atoms with Crippen LogP contribution < -0.4 is 15.5 Å². The van der Waals surface area contributed by atoms with E-state index < -0.39 is 6.03 Å². The predicted molar refractivity (Wildman–Crippen MR) is 179 cm³/mol. The van der Waals surface area contributed by atoms with Crippen LogP contribution in [0.2, 0.25) is 0 Å². The van der Waals surface area contributed by atoms with Gasteiger partial charge >= 0.3 is 6.03 Å². The zero-order valence-electron chi connectivity index (χ0n) is 26.0. The highest BCUT2D eigenvalue weighted by Crippen LogP contribution is 2.40. The summed E-state index contributed by atoms with van der Waals surface area (Å²) in [5, 5.41) is 6.96. The van der Waals surface area contributed by atoms with Crippen molar-refractivity contribution in [3.63, 3.8) is 0 Å². The second kappa shape index (κ2) is 11.6. The van der Waals surface area contributed by atoms with Gasteiger partial charge < -0.3 is 10.6 Å². The molecular weight excluding hydrogens is 546 g/mol. The number of benzene rings is 2. The van der Waals surface area contributed by atoms with Crippen molar-refractivity contribution in [2.45, 2.75) is 58.4 Å². The number of carbonyl (C=O) groups is 1. The Labute approximate surface area is 258 Å². The minimum Gasteiger partial charge on any atom is -0.368 e. The molecule has 2 amide bonds. The van der Waals surface area contributed by atoms with Crippen LogP contribution >= 0.6 is 0 Å². The highest BCUT2D eigenvalue weighted by Gasteiger charge is 2.28. The van der Waals surface area contributed by atoms with Gasteiger partial charge in [0, 0.05) is 53.7 Å². The fourth-order valence-electron chi connectivity index (χ4n) is 5.99. The second-order valence-corrected chi connectivity index (χ2v) is 12.5. The summed E-state index contributed by atoms with van der Waals surface area (Å²) in [6.45, 7) is 8.26. The fourth-order valence-corrected chi connectivity index (χ4v) is 5.99. The number of amides is 2. The van der Waals surface area contributed by atoms with Crippen molar-refractivity contribution in [1.29, 1.82) is 0 Å². The number of hydrogen-bond acceptors (Lipinski definition) is 5. The summed E-state index contributed by atoms with van der Waals surface area (Å²) in [7, 11) is 2.14. The molecule has 1 aliphatic carbocycles. The molecule has 6 rings (SSSR count). The fraction of sp³-hybridized carbons (Fsp3) is 0.278. The number of nitrogens with zero attached hydrogens (tertiary/aromatic N) is 6. The third-order valence-electron chi connectivity index (χ3n) is 8.44. The molecule has 0 aliphatic heterocycles. The normalized spacial score (nSPS) is 15.2. The van der Waals surface area contributed by atoms with Crippen LogP contribution in [0.15, 0.2) is 91.4 Å². The number of anilines is 3. The third-order valence-corrected chi connectivity index (χ3v) is 8.44. The average Bonchev–Trinajstić information content (AvgIpc) is 3.47. The van der Waals surface area contributed by atoms with Crippen LogP contribution in [0.5, 0.6) is 0 Å². The van der Waals surface area contributed by atoms with Crippen LogP contribution in [0.3, 0.4) is 0 Å². The van der Waals surface area contributed by atoms with E-state index in [0.29, 0.717) is 11.5 Å². The summed E-state index contributed by atoms with van der Waals surface area (Å²) in [5.41, 5.74) is 12.8. The van der Waals surface area contributed by atoms with Crippen LogP contribution in [0.4, 0.5) is 22.0 Å². The van der Waals surface area contributed by atoms with Gasteiger partial charge in [-0.2, -0.15) is 5.10 Å². The van der Waals surface area contributed by atoms with Gasteiger partial charge in [0.15, 0.2) is 0 Å². The van der Waals surface area contributed by atoms with Crippen molar-refractivity contribution in [1.82, 2.24) is 19.7 Å². The van der Waals surface area contributed by atoms with Crippen LogP contribution in [0.1, 0.15) is 57.0 Å². The SMILES string of the molecule is Cc1ccc(-n2nc(C(C)(C)C)cc2N(C(N)=O)c2ccc(C3=CC(N(C)c4ccncc4)CCC3)c3ccccc23)cn1. The molecule has 2 N–H and O–H groups in total. The number of aromatic nitrogens is 4. The molecule has 3 aromatic heterocycles. The lowest BCUT2D eigenvalue weighted by molar-refractivity contribution is 0.256. The summed E-state index contributed by atoms with van der Waals surface area (Å²) in [6, 6.07) is 22.0. The third kappa shape index (κ3) is 5.55. The van der Waals surface area contributed by atoms with E-state index in [1.54, 1.807) is 15.8 Å². The molecule has 2 aromatic carbocycles. The highest BCUT2D eigenvalue weighted by molar-refractivity contribution is 6.09. The van der Waals surface area contributed by atoms with Gasteiger partial charge in [0.25, 0.3) is 0 Å². The minimum atomic E-state index is -0.583. The first-order valence-electron chi connectivity index (χ1n) is 15.1. The van der Waals surface area contributed by atoms with Gasteiger partial charge in [-0.15, -0.1) is 0 Å². The van der Waals surface area contributed by atoms with Crippen molar-refractivity contribution in [3.05, 3.63) is 108 Å². The van der Waals surface area contributed by atoms with Crippen LogP contribution in [0, 0.1) is 6.92 Å². The van der Waals surface area contributed by atoms with E-state index in [1.807, 2.05) is 67.8 Å². The number of carbonyl (C=O) groups excluding carboxylic acids is 1. The van der Waals surface area contributed by atoms with Gasteiger partial charge in [-0.25, -0.2) is 14.4 Å². The number of primary amides is 1. The van der Waals surface area contributed by atoms with E-state index in [-0.39, 0.29) is 11.5 Å². The van der Waals surface area contributed by atoms with E-state index in [4.69, 9.17) is 10.8 Å². The number of hydrogen-bond donors (Lipinski definition) is 1. The Morgan fingerprint density at radius 1 is 1.00 bits per heavy atom. The maximum absolute atomic E-state index is 13.4. The maximum atomic E-state index is 13.4. The monoisotopic (exact) mass is 585 g/mol. The Hall–Kier alpha value is -4.98. The quantitative estimate of drug-likeness (QED) is 0.220. The number of nitrogens with two attached hydrogens (primary N) is 1. The van der Waals surface area contributed by atoms with Gasteiger partial charge in [-0.3, -0.25) is 9.97 Å². The molecule has 8 nitrogen and oxygen atoms in total. The molecule has 0 spiro atoms. The number of fused-ring (bicyclic) bond motifs is 1. The lowest BCUT2D eigenvalue weighted by Crippen LogP contribution is -2.33. The van der Waals surface area contributed by atoms with E-state index in [0.717, 1.165) is 52.8 Å². The van der Waals surface area contributed by atoms with E-state index in [1.165, 1.54) is 11.1 Å². The van der Waals surface area contributed by atoms with Gasteiger partial charge in [0.05, 0.1) is 23.3 Å². The van der Waals surface area contributed by atoms with Gasteiger partial charge in [-0.05, 0) is 73.0 Å². The van der Waals surface area contributed by atoms with E-state index in [9.17, 15) is 4.79 Å². The number of urea groups is 1. The molecule has 1 unspecified atom stereocenters. The lowest BCUT2D eigenvalue weighted by atomic mass is 9.87. The zero-order chi connectivity index (χ0) is 31.0. The average molecular weight is 586 g/mol. The largest absolute Gasteiger partial charge is 0.368 e. The van der Waals surface area contributed by atoms with Crippen molar-refractivity contribution in [2.24, 2.45) is 5.73 Å². The zero-order valence-corrected chi connectivity index (χ0v) is 26.0. The van der Waals surface area contributed by atoms with Crippen molar-refractivity contribution >= 4 is 39.6 Å². The molecule has 3 heterocycles. The first kappa shape index (κ1) is 29.1. The Morgan fingerprint density at radius 2 is 1.75 bits per heavy atom. The molecule has 44 heavy (non-hydrogen) atoms. The number of allylic oxidation sites excluding steroid dienone is 1. The van der Waals surface area contributed by atoms with E-state index >= 15 is 0 Å². The smallest absolute Gasteiger partial charge is 0.325 e. The Bertz CT molecular complexity index is 1830. The molecule has 0 fully saturated rings. The summed E-state index contributed by atoms with van der Waals surface area (Å²) < 4.78 is 1.77. The topological polar surface area (TPSA) is 93.2 Å². The van der Waals surface area contributed by atoms with Gasteiger partial charge in [0.2, 0.25) is 0 Å². The predicted octanol–water partition coefficient (Wildman–Crippen LogP) is 7.71. The summed E-state index contributed by atoms with van der Waals surface area (Å²) in [5.74, 6) is 0.571. The molecule has 0 bridgehead atoms. The van der Waals surface area contributed by atoms with Crippen LogP contribution in [-0.4, -0.2) is 38.9 Å². The highest BCUT2D eigenvalue weighted by atomic mass is 16.2. The molecule has 8 heteroatoms. The summed E-state index contributed by atoms with van der Waals surface area (Å²) in [6.07, 6.45) is 11.0. The number of aryl methyl sites for hydroxylation is 1. The summed E-state index contributed by atoms with van der Waals surface area (Å²) >= 11 is 0. The molecule has 1 aliphatic rings.